The summed E-state index contributed by atoms with van der Waals surface area (Å²) in [7, 11) is 0. The lowest BCUT2D eigenvalue weighted by Gasteiger charge is -2.17. The number of Topliss-reactive ketones (excluding diaryl/α,β-unsaturated/α-hetero) is 2. The predicted octanol–water partition coefficient (Wildman–Crippen LogP) is 23.4. The Morgan fingerprint density at radius 2 is 0.378 bits per heavy atom. The van der Waals surface area contributed by atoms with Gasteiger partial charge in [-0.25, -0.2) is 0 Å². The van der Waals surface area contributed by atoms with E-state index in [1.807, 2.05) is 24.3 Å². The molecule has 0 unspecified atom stereocenters. The Balaban J connectivity index is 1.12. The van der Waals surface area contributed by atoms with E-state index in [4.69, 9.17) is 14.2 Å². The van der Waals surface area contributed by atoms with Crippen LogP contribution in [0.3, 0.4) is 0 Å². The van der Waals surface area contributed by atoms with Gasteiger partial charge in [0.2, 0.25) is 0 Å². The molecular weight excluding hydrogens is 1100 g/mol. The normalized spacial score (nSPS) is 13.4. The molecule has 90 heavy (non-hydrogen) atoms. The van der Waals surface area contributed by atoms with Crippen LogP contribution in [0.2, 0.25) is 0 Å². The monoisotopic (exact) mass is 1200 g/mol. The van der Waals surface area contributed by atoms with Gasteiger partial charge in [0.1, 0.15) is 17.2 Å². The van der Waals surface area contributed by atoms with Crippen molar-refractivity contribution in [3.05, 3.63) is 231 Å². The van der Waals surface area contributed by atoms with Gasteiger partial charge in [-0.15, -0.1) is 0 Å². The fourth-order valence-electron chi connectivity index (χ4n) is 12.9. The number of benzene rings is 7. The second-order valence-electron chi connectivity index (χ2n) is 25.4. The average Bonchev–Trinajstić information content (AvgIpc) is 1.59. The number of carbonyl (C=O) groups excluding carboxylic acids is 2. The van der Waals surface area contributed by atoms with Crippen molar-refractivity contribution in [3.8, 4) is 17.2 Å². The number of rotatable bonds is 38. The fraction of sp³-hybridized carbons (Fsp3) is 0.388. The summed E-state index contributed by atoms with van der Waals surface area (Å²) < 4.78 is 19.2. The zero-order chi connectivity index (χ0) is 62.9. The first-order valence-corrected chi connectivity index (χ1v) is 34.8. The van der Waals surface area contributed by atoms with E-state index in [1.165, 1.54) is 116 Å². The summed E-state index contributed by atoms with van der Waals surface area (Å²) in [4.78, 5) is 31.5. The van der Waals surface area contributed by atoms with E-state index in [9.17, 15) is 0 Å². The maximum Gasteiger partial charge on any atom is 0.195 e. The lowest BCUT2D eigenvalue weighted by molar-refractivity contribution is -0.109. The van der Waals surface area contributed by atoms with E-state index in [0.29, 0.717) is 42.1 Å². The van der Waals surface area contributed by atoms with Crippen LogP contribution in [0, 0.1) is 20.8 Å². The molecule has 0 radical (unpaired) electrons. The van der Waals surface area contributed by atoms with Gasteiger partial charge in [0.05, 0.1) is 19.8 Å². The summed E-state index contributed by atoms with van der Waals surface area (Å²) in [5.74, 6) is 2.36. The second kappa shape index (κ2) is 35.0. The maximum absolute atomic E-state index is 16.0. The summed E-state index contributed by atoms with van der Waals surface area (Å²) in [6.07, 6.45) is 29.7. The van der Waals surface area contributed by atoms with E-state index >= 15 is 9.59 Å². The molecule has 0 fully saturated rings. The Morgan fingerprint density at radius 3 is 0.589 bits per heavy atom. The highest BCUT2D eigenvalue weighted by atomic mass is 16.5. The van der Waals surface area contributed by atoms with E-state index < -0.39 is 0 Å². The first-order chi connectivity index (χ1) is 44.2. The Kier molecular flexibility index (Phi) is 25.9. The Hall–Kier alpha value is -7.76. The Bertz CT molecular complexity index is 3520. The van der Waals surface area contributed by atoms with Crippen molar-refractivity contribution in [1.29, 1.82) is 0 Å². The van der Waals surface area contributed by atoms with Crippen LogP contribution in [0.1, 0.15) is 236 Å². The van der Waals surface area contributed by atoms with Crippen LogP contribution in [0.5, 0.6) is 17.2 Å². The third kappa shape index (κ3) is 18.0. The number of hydrogen-bond donors (Lipinski definition) is 0. The van der Waals surface area contributed by atoms with E-state index in [0.717, 1.165) is 139 Å². The van der Waals surface area contributed by atoms with Crippen molar-refractivity contribution in [3.63, 3.8) is 0 Å². The van der Waals surface area contributed by atoms with E-state index in [1.54, 1.807) is 0 Å². The summed E-state index contributed by atoms with van der Waals surface area (Å²) in [5.41, 5.74) is 16.6. The van der Waals surface area contributed by atoms with Crippen molar-refractivity contribution in [2.45, 2.75) is 196 Å². The largest absolute Gasteiger partial charge is 0.494 e. The van der Waals surface area contributed by atoms with Gasteiger partial charge in [0.15, 0.2) is 11.6 Å². The average molecular weight is 1200 g/mol. The van der Waals surface area contributed by atoms with Crippen LogP contribution in [-0.2, 0) is 9.59 Å². The summed E-state index contributed by atoms with van der Waals surface area (Å²) >= 11 is 0. The van der Waals surface area contributed by atoms with Crippen LogP contribution in [0.4, 0.5) is 0 Å². The van der Waals surface area contributed by atoms with Gasteiger partial charge in [0.25, 0.3) is 0 Å². The number of hydrogen-bond acceptors (Lipinski definition) is 5. The smallest absolute Gasteiger partial charge is 0.195 e. The first kappa shape index (κ1) is 66.7. The minimum atomic E-state index is -0.0441. The maximum atomic E-state index is 16.0. The molecule has 0 bridgehead atoms. The molecular formula is C85H100O5. The van der Waals surface area contributed by atoms with Gasteiger partial charge < -0.3 is 14.2 Å². The molecule has 0 N–H and O–H groups in total. The van der Waals surface area contributed by atoms with Crippen molar-refractivity contribution in [2.75, 3.05) is 19.8 Å². The summed E-state index contributed by atoms with van der Waals surface area (Å²) in [5, 5.41) is 0. The zero-order valence-corrected chi connectivity index (χ0v) is 55.3. The lowest BCUT2D eigenvalue weighted by atomic mass is 9.86. The van der Waals surface area contributed by atoms with Crippen molar-refractivity contribution in [2.24, 2.45) is 0 Å². The van der Waals surface area contributed by atoms with Crippen molar-refractivity contribution < 1.29 is 23.8 Å². The summed E-state index contributed by atoms with van der Waals surface area (Å²) in [6.45, 7) is 15.0. The number of ketones is 2. The number of ether oxygens (including phenoxy) is 3. The second-order valence-corrected chi connectivity index (χ2v) is 25.4. The van der Waals surface area contributed by atoms with Gasteiger partial charge in [-0.05, 0) is 121 Å². The predicted molar refractivity (Wildman–Crippen MR) is 381 cm³/mol. The van der Waals surface area contributed by atoms with Crippen molar-refractivity contribution in [1.82, 2.24) is 0 Å². The standard InChI is InChI=1S/C85H100O5/c1-7-10-13-16-19-22-25-28-59-88-73-53-47-68(48-54-73)79-78(67-45-43-66(44-46-67)77-76(65-37-31-62(4)32-38-65)80(69-39-33-63(5)34-40-69)84(86)81(77)70-41-35-64(6)36-42-70)82(71-49-55-74(56-50-71)89-60-29-26-23-20-17-14-11-8-2)85(87)83(79)72-51-57-75(58-52-72)90-61-30-27-24-21-18-15-12-9-3/h31-58H,7-30,59-61H2,1-6H3. The third-order valence-electron chi connectivity index (χ3n) is 18.1. The van der Waals surface area contributed by atoms with Crippen LogP contribution >= 0.6 is 0 Å². The molecule has 0 amide bonds. The Labute approximate surface area is 540 Å². The van der Waals surface area contributed by atoms with Gasteiger partial charge in [-0.3, -0.25) is 9.59 Å². The highest BCUT2D eigenvalue weighted by Crippen LogP contribution is 2.53. The number of carbonyl (C=O) groups is 2. The van der Waals surface area contributed by atoms with Crippen LogP contribution in [0.25, 0.3) is 44.6 Å². The molecule has 0 heterocycles. The molecule has 2 aliphatic rings. The number of allylic oxidation sites excluding steroid dienone is 8. The third-order valence-corrected chi connectivity index (χ3v) is 18.1. The van der Waals surface area contributed by atoms with Crippen molar-refractivity contribution >= 4 is 56.2 Å². The molecule has 0 aliphatic heterocycles. The molecule has 7 aromatic rings. The van der Waals surface area contributed by atoms with Gasteiger partial charge in [0, 0.05) is 44.6 Å². The number of unbranched alkanes of at least 4 members (excludes halogenated alkanes) is 21. The minimum Gasteiger partial charge on any atom is -0.494 e. The Morgan fingerprint density at radius 1 is 0.211 bits per heavy atom. The van der Waals surface area contributed by atoms with E-state index in [2.05, 4.69) is 187 Å². The lowest BCUT2D eigenvalue weighted by Crippen LogP contribution is -2.03. The zero-order valence-electron chi connectivity index (χ0n) is 55.3. The number of aryl methyl sites for hydroxylation is 3. The molecule has 0 atom stereocenters. The first-order valence-electron chi connectivity index (χ1n) is 34.8. The molecule has 0 saturated carbocycles. The molecule has 470 valence electrons. The van der Waals surface area contributed by atoms with E-state index in [-0.39, 0.29) is 11.6 Å². The topological polar surface area (TPSA) is 61.8 Å². The quantitative estimate of drug-likeness (QED) is 0.0361. The van der Waals surface area contributed by atoms with Gasteiger partial charge >= 0.3 is 0 Å². The molecule has 5 nitrogen and oxygen atoms in total. The molecule has 0 aromatic heterocycles. The molecule has 7 aromatic carbocycles. The highest BCUT2D eigenvalue weighted by molar-refractivity contribution is 6.60. The van der Waals surface area contributed by atoms with Crippen LogP contribution in [0.15, 0.2) is 170 Å². The molecule has 0 spiro atoms. The SMILES string of the molecule is CCCCCCCCCCOc1ccc(C2=C(c3ccc(OCCCCCCCCCC)cc3)C(c3ccc(C4=C(c5ccc(C)cc5)C(=O)C(c5ccc(C)cc5)=C4c4ccc(C)cc4)cc3)=C(c3ccc(OCCCCCCCCCC)cc3)C2=O)cc1. The fourth-order valence-corrected chi connectivity index (χ4v) is 12.9. The van der Waals surface area contributed by atoms with Gasteiger partial charge in [-0.2, -0.15) is 0 Å². The minimum absolute atomic E-state index is 0.00125. The van der Waals surface area contributed by atoms with Crippen LogP contribution in [-0.4, -0.2) is 31.4 Å². The highest BCUT2D eigenvalue weighted by Gasteiger charge is 2.38. The molecule has 2 aliphatic carbocycles. The van der Waals surface area contributed by atoms with Crippen LogP contribution < -0.4 is 14.2 Å². The molecule has 0 saturated heterocycles. The summed E-state index contributed by atoms with van der Waals surface area (Å²) in [6, 6.07) is 58.6. The van der Waals surface area contributed by atoms with Gasteiger partial charge in [-0.1, -0.05) is 306 Å². The molecule has 9 rings (SSSR count). The molecule has 5 heteroatoms.